The van der Waals surface area contributed by atoms with E-state index in [0.717, 1.165) is 18.3 Å². The summed E-state index contributed by atoms with van der Waals surface area (Å²) in [6.45, 7) is 2.74. The fourth-order valence-corrected chi connectivity index (χ4v) is 7.36. The van der Waals surface area contributed by atoms with Crippen molar-refractivity contribution in [3.05, 3.63) is 35.4 Å². The molecule has 1 N–H and O–H groups in total. The Balaban J connectivity index is 1.38. The van der Waals surface area contributed by atoms with E-state index in [-0.39, 0.29) is 11.3 Å². The molecule has 1 aromatic carbocycles. The fourth-order valence-electron chi connectivity index (χ4n) is 5.85. The number of hydrogen-bond acceptors (Lipinski definition) is 1. The Bertz CT molecular complexity index is 595. The van der Waals surface area contributed by atoms with E-state index in [9.17, 15) is 4.79 Å². The van der Waals surface area contributed by atoms with Crippen molar-refractivity contribution in [2.75, 3.05) is 0 Å². The molecule has 4 saturated carbocycles. The first-order valence-electron chi connectivity index (χ1n) is 8.95. The van der Waals surface area contributed by atoms with Crippen LogP contribution in [-0.4, -0.2) is 10.2 Å². The van der Waals surface area contributed by atoms with Crippen LogP contribution >= 0.6 is 15.9 Å². The van der Waals surface area contributed by atoms with Crippen LogP contribution in [0.25, 0.3) is 0 Å². The summed E-state index contributed by atoms with van der Waals surface area (Å²) < 4.78 is 0.342. The molecule has 4 fully saturated rings. The van der Waals surface area contributed by atoms with Crippen molar-refractivity contribution in [3.8, 4) is 0 Å². The predicted molar refractivity (Wildman–Crippen MR) is 96.4 cm³/mol. The molecule has 2 atom stereocenters. The Morgan fingerprint density at radius 2 is 1.83 bits per heavy atom. The summed E-state index contributed by atoms with van der Waals surface area (Å²) in [5, 5.41) is 3.15. The Kier molecular flexibility index (Phi) is 3.83. The lowest BCUT2D eigenvalue weighted by atomic mass is 9.48. The highest BCUT2D eigenvalue weighted by molar-refractivity contribution is 9.10. The second-order valence-corrected chi connectivity index (χ2v) is 10.2. The monoisotopic (exact) mass is 375 g/mol. The normalized spacial score (nSPS) is 37.8. The van der Waals surface area contributed by atoms with Gasteiger partial charge in [-0.3, -0.25) is 4.79 Å². The van der Waals surface area contributed by atoms with Crippen molar-refractivity contribution < 1.29 is 4.79 Å². The molecule has 3 heteroatoms. The number of amides is 1. The molecule has 0 aromatic heterocycles. The minimum atomic E-state index is 0.239. The van der Waals surface area contributed by atoms with Gasteiger partial charge in [-0.2, -0.15) is 0 Å². The largest absolute Gasteiger partial charge is 0.352 e. The average Bonchev–Trinajstić information content (AvgIpc) is 2.43. The van der Waals surface area contributed by atoms with Crippen LogP contribution < -0.4 is 5.32 Å². The van der Waals surface area contributed by atoms with Gasteiger partial charge in [0.1, 0.15) is 0 Å². The highest BCUT2D eigenvalue weighted by atomic mass is 79.9. The van der Waals surface area contributed by atoms with E-state index in [1.165, 1.54) is 49.7 Å². The molecule has 0 radical (unpaired) electrons. The maximum Gasteiger partial charge on any atom is 0.220 e. The molecule has 4 aliphatic carbocycles. The van der Waals surface area contributed by atoms with Crippen molar-refractivity contribution in [1.29, 1.82) is 0 Å². The maximum atomic E-state index is 12.5. The SMILES string of the molecule is Cc1ccc(CNC(=O)CC23CC4CC(CC(Br)(C4)C2)C3)cc1. The van der Waals surface area contributed by atoms with Gasteiger partial charge in [-0.05, 0) is 68.3 Å². The molecule has 0 heterocycles. The molecule has 4 aliphatic rings. The third-order valence-corrected chi connectivity index (χ3v) is 7.18. The Morgan fingerprint density at radius 1 is 1.17 bits per heavy atom. The molecule has 2 unspecified atom stereocenters. The number of hydrogen-bond donors (Lipinski definition) is 1. The van der Waals surface area contributed by atoms with Gasteiger partial charge in [0, 0.05) is 17.3 Å². The van der Waals surface area contributed by atoms with E-state index in [1.54, 1.807) is 0 Å². The van der Waals surface area contributed by atoms with E-state index >= 15 is 0 Å². The van der Waals surface area contributed by atoms with Crippen molar-refractivity contribution in [2.45, 2.75) is 62.7 Å². The smallest absolute Gasteiger partial charge is 0.220 e. The van der Waals surface area contributed by atoms with E-state index < -0.39 is 0 Å². The van der Waals surface area contributed by atoms with E-state index in [0.29, 0.717) is 10.9 Å². The Hall–Kier alpha value is -0.830. The standard InChI is InChI=1S/C20H26BrNO/c1-14-2-4-15(5-3-14)12-22-18(23)11-19-7-16-6-17(8-19)10-20(21,9-16)13-19/h2-5,16-17H,6-13H2,1H3,(H,22,23). The molecule has 0 saturated heterocycles. The molecule has 1 aromatic rings. The minimum absolute atomic E-state index is 0.239. The maximum absolute atomic E-state index is 12.5. The van der Waals surface area contributed by atoms with Crippen LogP contribution in [0.2, 0.25) is 0 Å². The number of benzene rings is 1. The molecule has 124 valence electrons. The van der Waals surface area contributed by atoms with Crippen molar-refractivity contribution in [2.24, 2.45) is 17.3 Å². The summed E-state index contributed by atoms with van der Waals surface area (Å²) in [5.74, 6) is 1.93. The van der Waals surface area contributed by atoms with Crippen LogP contribution in [-0.2, 0) is 11.3 Å². The molecule has 5 rings (SSSR count). The number of alkyl halides is 1. The molecule has 23 heavy (non-hydrogen) atoms. The number of rotatable bonds is 4. The molecular formula is C20H26BrNO. The van der Waals surface area contributed by atoms with Crippen LogP contribution in [0, 0.1) is 24.2 Å². The third kappa shape index (κ3) is 3.22. The zero-order valence-electron chi connectivity index (χ0n) is 13.9. The first kappa shape index (κ1) is 15.7. The lowest BCUT2D eigenvalue weighted by Crippen LogP contribution is -2.54. The summed E-state index contributed by atoms with van der Waals surface area (Å²) in [4.78, 5) is 12.5. The molecule has 0 spiro atoms. The van der Waals surface area contributed by atoms with Crippen LogP contribution in [0.15, 0.2) is 24.3 Å². The summed E-state index contributed by atoms with van der Waals surface area (Å²) in [6.07, 6.45) is 8.53. The third-order valence-electron chi connectivity index (χ3n) is 6.26. The molecule has 1 amide bonds. The zero-order chi connectivity index (χ0) is 16.1. The van der Waals surface area contributed by atoms with Crippen molar-refractivity contribution in [3.63, 3.8) is 0 Å². The lowest BCUT2D eigenvalue weighted by molar-refractivity contribution is -0.128. The number of carbonyl (C=O) groups excluding carboxylic acids is 1. The highest BCUT2D eigenvalue weighted by Crippen LogP contribution is 2.65. The second-order valence-electron chi connectivity index (χ2n) is 8.55. The highest BCUT2D eigenvalue weighted by Gasteiger charge is 2.57. The fraction of sp³-hybridized carbons (Fsp3) is 0.650. The first-order valence-corrected chi connectivity index (χ1v) is 9.74. The summed E-state index contributed by atoms with van der Waals surface area (Å²) >= 11 is 4.03. The number of carbonyl (C=O) groups is 1. The van der Waals surface area contributed by atoms with Gasteiger partial charge in [0.25, 0.3) is 0 Å². The minimum Gasteiger partial charge on any atom is -0.352 e. The summed E-state index contributed by atoms with van der Waals surface area (Å²) in [6, 6.07) is 8.42. The van der Waals surface area contributed by atoms with E-state index in [1.807, 2.05) is 0 Å². The Labute approximate surface area is 147 Å². The van der Waals surface area contributed by atoms with Crippen LogP contribution in [0.4, 0.5) is 0 Å². The topological polar surface area (TPSA) is 29.1 Å². The predicted octanol–water partition coefficient (Wildman–Crippen LogP) is 4.74. The second kappa shape index (κ2) is 5.61. The Morgan fingerprint density at radius 3 is 2.43 bits per heavy atom. The van der Waals surface area contributed by atoms with Crippen molar-refractivity contribution in [1.82, 2.24) is 5.32 Å². The number of halogens is 1. The summed E-state index contributed by atoms with van der Waals surface area (Å²) in [7, 11) is 0. The van der Waals surface area contributed by atoms with Gasteiger partial charge in [0.05, 0.1) is 0 Å². The van der Waals surface area contributed by atoms with E-state index in [2.05, 4.69) is 52.4 Å². The summed E-state index contributed by atoms with van der Waals surface area (Å²) in [5.41, 5.74) is 2.72. The van der Waals surface area contributed by atoms with Gasteiger partial charge in [0.15, 0.2) is 0 Å². The van der Waals surface area contributed by atoms with Crippen molar-refractivity contribution >= 4 is 21.8 Å². The van der Waals surface area contributed by atoms with Gasteiger partial charge in [-0.15, -0.1) is 0 Å². The number of aryl methyl sites for hydroxylation is 1. The first-order chi connectivity index (χ1) is 10.9. The van der Waals surface area contributed by atoms with E-state index in [4.69, 9.17) is 0 Å². The van der Waals surface area contributed by atoms with Gasteiger partial charge >= 0.3 is 0 Å². The molecule has 4 bridgehead atoms. The van der Waals surface area contributed by atoms with Gasteiger partial charge in [-0.1, -0.05) is 45.8 Å². The molecule has 0 aliphatic heterocycles. The number of nitrogens with one attached hydrogen (secondary N) is 1. The van der Waals surface area contributed by atoms with Gasteiger partial charge < -0.3 is 5.32 Å². The zero-order valence-corrected chi connectivity index (χ0v) is 15.5. The lowest BCUT2D eigenvalue weighted by Gasteiger charge is -2.60. The van der Waals surface area contributed by atoms with Crippen LogP contribution in [0.3, 0.4) is 0 Å². The van der Waals surface area contributed by atoms with Gasteiger partial charge in [-0.25, -0.2) is 0 Å². The molecular weight excluding hydrogens is 350 g/mol. The average molecular weight is 376 g/mol. The van der Waals surface area contributed by atoms with Gasteiger partial charge in [0.2, 0.25) is 5.91 Å². The van der Waals surface area contributed by atoms with Crippen LogP contribution in [0.1, 0.15) is 56.1 Å². The quantitative estimate of drug-likeness (QED) is 0.756. The molecule has 2 nitrogen and oxygen atoms in total. The van der Waals surface area contributed by atoms with Crippen LogP contribution in [0.5, 0.6) is 0 Å².